The van der Waals surface area contributed by atoms with Gasteiger partial charge in [-0.1, -0.05) is 24.3 Å². The molecule has 4 rings (SSSR count). The quantitative estimate of drug-likeness (QED) is 0.779. The number of hydrogen-bond acceptors (Lipinski definition) is 4. The second-order valence-corrected chi connectivity index (χ2v) is 6.28. The molecule has 27 heavy (non-hydrogen) atoms. The number of aromatic nitrogens is 1. The Morgan fingerprint density at radius 3 is 2.56 bits per heavy atom. The number of benzene rings is 2. The van der Waals surface area contributed by atoms with Crippen LogP contribution in [0.1, 0.15) is 20.7 Å². The van der Waals surface area contributed by atoms with E-state index in [0.29, 0.717) is 43.1 Å². The van der Waals surface area contributed by atoms with Crippen LogP contribution in [0.25, 0.3) is 10.9 Å². The van der Waals surface area contributed by atoms with Crippen LogP contribution in [0.2, 0.25) is 0 Å². The fraction of sp³-hybridized carbons (Fsp3) is 0.190. The first-order valence-corrected chi connectivity index (χ1v) is 8.85. The van der Waals surface area contributed by atoms with Gasteiger partial charge in [-0.05, 0) is 30.3 Å². The molecule has 1 aliphatic heterocycles. The number of para-hydroxylation sites is 1. The van der Waals surface area contributed by atoms with Crippen LogP contribution in [-0.2, 0) is 4.74 Å². The van der Waals surface area contributed by atoms with Crippen molar-refractivity contribution in [3.63, 3.8) is 0 Å². The number of carbonyl (C=O) groups excluding carboxylic acids is 2. The number of nitrogens with one attached hydrogen (secondary N) is 1. The maximum absolute atomic E-state index is 12.9. The van der Waals surface area contributed by atoms with Crippen LogP contribution in [0, 0.1) is 0 Å². The molecule has 1 N–H and O–H groups in total. The third kappa shape index (κ3) is 3.52. The molecule has 0 bridgehead atoms. The number of morpholine rings is 1. The summed E-state index contributed by atoms with van der Waals surface area (Å²) in [5.74, 6) is -0.371. The van der Waals surface area contributed by atoms with Crippen molar-refractivity contribution in [2.45, 2.75) is 0 Å². The van der Waals surface area contributed by atoms with Gasteiger partial charge in [-0.25, -0.2) is 0 Å². The molecular weight excluding hydrogens is 342 g/mol. The van der Waals surface area contributed by atoms with Crippen LogP contribution in [0.4, 0.5) is 5.69 Å². The zero-order valence-corrected chi connectivity index (χ0v) is 14.7. The van der Waals surface area contributed by atoms with Crippen molar-refractivity contribution >= 4 is 28.4 Å². The molecule has 2 heterocycles. The van der Waals surface area contributed by atoms with Gasteiger partial charge < -0.3 is 15.0 Å². The first-order chi connectivity index (χ1) is 13.2. The Bertz CT molecular complexity index is 991. The number of fused-ring (bicyclic) bond motifs is 1. The summed E-state index contributed by atoms with van der Waals surface area (Å²) >= 11 is 0. The lowest BCUT2D eigenvalue weighted by Crippen LogP contribution is -2.41. The van der Waals surface area contributed by atoms with Gasteiger partial charge in [0.05, 0.1) is 30.0 Å². The summed E-state index contributed by atoms with van der Waals surface area (Å²) in [5, 5.41) is 3.67. The van der Waals surface area contributed by atoms with Crippen molar-refractivity contribution in [1.82, 2.24) is 9.88 Å². The van der Waals surface area contributed by atoms with E-state index < -0.39 is 0 Å². The van der Waals surface area contributed by atoms with Gasteiger partial charge in [0, 0.05) is 30.2 Å². The highest BCUT2D eigenvalue weighted by Gasteiger charge is 2.22. The summed E-state index contributed by atoms with van der Waals surface area (Å²) in [4.78, 5) is 31.8. The maximum atomic E-state index is 12.9. The zero-order chi connectivity index (χ0) is 18.6. The van der Waals surface area contributed by atoms with Crippen LogP contribution in [0.15, 0.2) is 60.8 Å². The van der Waals surface area contributed by atoms with Crippen molar-refractivity contribution in [3.8, 4) is 0 Å². The Kier molecular flexibility index (Phi) is 4.80. The van der Waals surface area contributed by atoms with Gasteiger partial charge in [-0.15, -0.1) is 0 Å². The predicted molar refractivity (Wildman–Crippen MR) is 103 cm³/mol. The highest BCUT2D eigenvalue weighted by atomic mass is 16.5. The minimum atomic E-state index is -0.268. The summed E-state index contributed by atoms with van der Waals surface area (Å²) < 4.78 is 5.31. The lowest BCUT2D eigenvalue weighted by atomic mass is 10.1. The Morgan fingerprint density at radius 2 is 1.70 bits per heavy atom. The van der Waals surface area contributed by atoms with Crippen molar-refractivity contribution in [2.24, 2.45) is 0 Å². The molecule has 1 aliphatic rings. The number of carbonyl (C=O) groups is 2. The molecule has 0 unspecified atom stereocenters. The molecule has 3 aromatic rings. The summed E-state index contributed by atoms with van der Waals surface area (Å²) in [6.45, 7) is 2.17. The van der Waals surface area contributed by atoms with Gasteiger partial charge in [-0.3, -0.25) is 14.6 Å². The van der Waals surface area contributed by atoms with Crippen LogP contribution in [0.5, 0.6) is 0 Å². The molecule has 0 radical (unpaired) electrons. The monoisotopic (exact) mass is 361 g/mol. The van der Waals surface area contributed by atoms with Crippen LogP contribution >= 0.6 is 0 Å². The fourth-order valence-corrected chi connectivity index (χ4v) is 3.21. The Morgan fingerprint density at radius 1 is 0.926 bits per heavy atom. The molecule has 1 aromatic heterocycles. The van der Waals surface area contributed by atoms with E-state index in [1.807, 2.05) is 12.1 Å². The number of ether oxygens (including phenoxy) is 1. The van der Waals surface area contributed by atoms with Crippen LogP contribution in [-0.4, -0.2) is 48.0 Å². The van der Waals surface area contributed by atoms with E-state index in [1.165, 1.54) is 0 Å². The standard InChI is InChI=1S/C21H19N3O3/c25-20(16-6-3-9-18-15(16)7-4-10-22-18)23-19-8-2-1-5-17(19)21(26)24-11-13-27-14-12-24/h1-10H,11-14H2,(H,23,25). The summed E-state index contributed by atoms with van der Waals surface area (Å²) in [6, 6.07) is 16.2. The fourth-order valence-electron chi connectivity index (χ4n) is 3.21. The average Bonchev–Trinajstić information content (AvgIpc) is 2.74. The van der Waals surface area contributed by atoms with E-state index in [-0.39, 0.29) is 11.8 Å². The van der Waals surface area contributed by atoms with Gasteiger partial charge >= 0.3 is 0 Å². The van der Waals surface area contributed by atoms with Gasteiger partial charge in [0.15, 0.2) is 0 Å². The third-order valence-electron chi connectivity index (χ3n) is 4.59. The summed E-state index contributed by atoms with van der Waals surface area (Å²) in [7, 11) is 0. The molecule has 2 aromatic carbocycles. The number of amides is 2. The maximum Gasteiger partial charge on any atom is 0.256 e. The van der Waals surface area contributed by atoms with E-state index in [9.17, 15) is 9.59 Å². The Hall–Kier alpha value is -3.25. The molecule has 0 saturated carbocycles. The summed E-state index contributed by atoms with van der Waals surface area (Å²) in [5.41, 5.74) is 2.25. The third-order valence-corrected chi connectivity index (χ3v) is 4.59. The molecule has 6 nitrogen and oxygen atoms in total. The molecule has 2 amide bonds. The lowest BCUT2D eigenvalue weighted by Gasteiger charge is -2.27. The molecule has 6 heteroatoms. The topological polar surface area (TPSA) is 71.5 Å². The largest absolute Gasteiger partial charge is 0.378 e. The molecule has 0 atom stereocenters. The minimum Gasteiger partial charge on any atom is -0.378 e. The van der Waals surface area contributed by atoms with Crippen molar-refractivity contribution < 1.29 is 14.3 Å². The van der Waals surface area contributed by atoms with E-state index in [2.05, 4.69) is 10.3 Å². The Labute approximate surface area is 156 Å². The molecule has 1 saturated heterocycles. The molecular formula is C21H19N3O3. The number of hydrogen-bond donors (Lipinski definition) is 1. The van der Waals surface area contributed by atoms with Crippen molar-refractivity contribution in [1.29, 1.82) is 0 Å². The van der Waals surface area contributed by atoms with Crippen molar-refractivity contribution in [3.05, 3.63) is 71.9 Å². The number of pyridine rings is 1. The van der Waals surface area contributed by atoms with E-state index in [1.54, 1.807) is 53.6 Å². The number of anilines is 1. The van der Waals surface area contributed by atoms with Gasteiger partial charge in [0.2, 0.25) is 0 Å². The lowest BCUT2D eigenvalue weighted by molar-refractivity contribution is 0.0303. The number of nitrogens with zero attached hydrogens (tertiary/aromatic N) is 2. The summed E-state index contributed by atoms with van der Waals surface area (Å²) in [6.07, 6.45) is 1.69. The van der Waals surface area contributed by atoms with Gasteiger partial charge in [0.25, 0.3) is 11.8 Å². The van der Waals surface area contributed by atoms with E-state index in [0.717, 1.165) is 10.9 Å². The SMILES string of the molecule is O=C(Nc1ccccc1C(=O)N1CCOCC1)c1cccc2ncccc12. The van der Waals surface area contributed by atoms with Crippen molar-refractivity contribution in [2.75, 3.05) is 31.6 Å². The van der Waals surface area contributed by atoms with E-state index in [4.69, 9.17) is 4.74 Å². The first kappa shape index (κ1) is 17.2. The van der Waals surface area contributed by atoms with Gasteiger partial charge in [-0.2, -0.15) is 0 Å². The second kappa shape index (κ2) is 7.55. The molecule has 0 aliphatic carbocycles. The smallest absolute Gasteiger partial charge is 0.256 e. The number of rotatable bonds is 3. The highest BCUT2D eigenvalue weighted by molar-refractivity contribution is 6.14. The molecule has 0 spiro atoms. The average molecular weight is 361 g/mol. The highest BCUT2D eigenvalue weighted by Crippen LogP contribution is 2.22. The van der Waals surface area contributed by atoms with Crippen LogP contribution < -0.4 is 5.32 Å². The van der Waals surface area contributed by atoms with Gasteiger partial charge in [0.1, 0.15) is 0 Å². The molecule has 136 valence electrons. The van der Waals surface area contributed by atoms with Crippen LogP contribution in [0.3, 0.4) is 0 Å². The second-order valence-electron chi connectivity index (χ2n) is 6.28. The first-order valence-electron chi connectivity index (χ1n) is 8.85. The zero-order valence-electron chi connectivity index (χ0n) is 14.7. The van der Waals surface area contributed by atoms with E-state index >= 15 is 0 Å². The molecule has 1 fully saturated rings. The minimum absolute atomic E-state index is 0.103. The normalized spacial score (nSPS) is 14.1. The Balaban J connectivity index is 1.63. The predicted octanol–water partition coefficient (Wildman–Crippen LogP) is 2.96.